The highest BCUT2D eigenvalue weighted by Crippen LogP contribution is 2.29. The van der Waals surface area contributed by atoms with E-state index in [4.69, 9.17) is 0 Å². The van der Waals surface area contributed by atoms with E-state index in [0.717, 1.165) is 0 Å². The standard InChI is InChI=1S/C43H9N19/c44-10-20-7-21(11-45)9-22(8-20)28(16-50)43-56-34-6-3-27(31(19-53)37(34)59-43)42-61-40(25-1-4-32-35(29(25)17-51)57-38(54-32)23(12-46)13-47)60-41(62-42)26-2-5-33-36(30(26)18-52)58-39(55-33)24(14-48)15-49/h1-9H/b43-28+. The van der Waals surface area contributed by atoms with Crippen molar-refractivity contribution in [1.82, 2.24) is 15.0 Å². The summed E-state index contributed by atoms with van der Waals surface area (Å²) in [5, 5.41) is 99.2. The predicted molar refractivity (Wildman–Crippen MR) is 202 cm³/mol. The summed E-state index contributed by atoms with van der Waals surface area (Å²) in [5.74, 6) is -0.947. The molecule has 0 fully saturated rings. The Kier molecular flexibility index (Phi) is 9.15. The SMILES string of the molecule is N#CC(C#N)=C1N=c2ccc(-c3nc(-c4ccc5c(c4C#N)=NC(=C(C#N)C#N)N=5)nc(-c4ccc5c(c4C#N)=N/C(=C(\C#N)c4cc(C#N)cc(C#N)c4)N=5)n3)c(C#N)c2=N1. The van der Waals surface area contributed by atoms with E-state index in [9.17, 15) is 52.6 Å². The van der Waals surface area contributed by atoms with E-state index < -0.39 is 0 Å². The van der Waals surface area contributed by atoms with Crippen LogP contribution in [0.25, 0.3) is 39.7 Å². The first-order valence-corrected chi connectivity index (χ1v) is 17.2. The first kappa shape index (κ1) is 37.7. The van der Waals surface area contributed by atoms with Crippen LogP contribution >= 0.6 is 0 Å². The molecule has 0 saturated carbocycles. The Hall–Kier alpha value is -11.2. The summed E-state index contributed by atoms with van der Waals surface area (Å²) in [5.41, 5.74) is -0.432. The zero-order valence-electron chi connectivity index (χ0n) is 30.7. The van der Waals surface area contributed by atoms with Crippen LogP contribution in [0.2, 0.25) is 0 Å². The van der Waals surface area contributed by atoms with Gasteiger partial charge in [0.2, 0.25) is 0 Å². The predicted octanol–water partition coefficient (Wildman–Crippen LogP) is 1.40. The fourth-order valence-corrected chi connectivity index (χ4v) is 6.45. The molecule has 4 aromatic carbocycles. The van der Waals surface area contributed by atoms with Gasteiger partial charge < -0.3 is 0 Å². The number of aromatic nitrogens is 3. The highest BCUT2D eigenvalue weighted by Gasteiger charge is 2.25. The van der Waals surface area contributed by atoms with Crippen molar-refractivity contribution in [3.8, 4) is 94.9 Å². The highest BCUT2D eigenvalue weighted by molar-refractivity contribution is 5.81. The van der Waals surface area contributed by atoms with Gasteiger partial charge in [-0.25, -0.2) is 44.9 Å². The molecular weight excluding hydrogens is 783 g/mol. The highest BCUT2D eigenvalue weighted by atomic mass is 15.1. The molecule has 3 aliphatic heterocycles. The van der Waals surface area contributed by atoms with Crippen LogP contribution in [-0.2, 0) is 0 Å². The number of benzene rings is 4. The van der Waals surface area contributed by atoms with Crippen molar-refractivity contribution in [1.29, 1.82) is 52.6 Å². The first-order valence-electron chi connectivity index (χ1n) is 17.2. The number of hydrogen-bond donors (Lipinski definition) is 0. The van der Waals surface area contributed by atoms with Crippen molar-refractivity contribution in [2.45, 2.75) is 0 Å². The summed E-state index contributed by atoms with van der Waals surface area (Å²) >= 11 is 0. The van der Waals surface area contributed by atoms with Crippen molar-refractivity contribution in [3.05, 3.63) is 149 Å². The van der Waals surface area contributed by atoms with Gasteiger partial charge in [-0.1, -0.05) is 0 Å². The van der Waals surface area contributed by atoms with Crippen LogP contribution in [0.15, 0.2) is 113 Å². The minimum absolute atomic E-state index is 0.0257. The number of fused-ring (bicyclic) bond motifs is 3. The van der Waals surface area contributed by atoms with Gasteiger partial charge in [-0.15, -0.1) is 0 Å². The van der Waals surface area contributed by atoms with Crippen molar-refractivity contribution in [2.75, 3.05) is 0 Å². The Balaban J connectivity index is 1.41. The fourth-order valence-electron chi connectivity index (χ4n) is 6.45. The van der Waals surface area contributed by atoms with Crippen molar-refractivity contribution < 1.29 is 0 Å². The third-order valence-corrected chi connectivity index (χ3v) is 9.21. The van der Waals surface area contributed by atoms with Crippen molar-refractivity contribution in [3.63, 3.8) is 0 Å². The maximum absolute atomic E-state index is 10.6. The topological polar surface area (TPSA) is 351 Å². The molecule has 276 valence electrons. The number of rotatable bonds is 4. The normalized spacial score (nSPS) is 12.6. The van der Waals surface area contributed by atoms with Gasteiger partial charge in [0.05, 0.1) is 56.0 Å². The molecule has 19 nitrogen and oxygen atoms in total. The van der Waals surface area contributed by atoms with Gasteiger partial charge in [-0.2, -0.15) is 52.6 Å². The molecule has 0 amide bonds. The molecule has 0 N–H and O–H groups in total. The Morgan fingerprint density at radius 1 is 0.371 bits per heavy atom. The lowest BCUT2D eigenvalue weighted by molar-refractivity contribution is 1.06. The van der Waals surface area contributed by atoms with Crippen molar-refractivity contribution in [2.24, 2.45) is 30.0 Å². The molecule has 0 bridgehead atoms. The lowest BCUT2D eigenvalue weighted by Gasteiger charge is -2.10. The molecule has 3 aliphatic rings. The van der Waals surface area contributed by atoms with Crippen LogP contribution in [0.1, 0.15) is 33.4 Å². The number of hydrogen-bond acceptors (Lipinski definition) is 19. The second kappa shape index (κ2) is 15.0. The molecular formula is C43H9N19. The average Bonchev–Trinajstić information content (AvgIpc) is 4.06. The summed E-state index contributed by atoms with van der Waals surface area (Å²) in [6.45, 7) is 0. The quantitative estimate of drug-likeness (QED) is 0.233. The van der Waals surface area contributed by atoms with Gasteiger partial charge >= 0.3 is 0 Å². The maximum atomic E-state index is 10.6. The van der Waals surface area contributed by atoms with E-state index in [1.54, 1.807) is 24.3 Å². The van der Waals surface area contributed by atoms with E-state index in [0.29, 0.717) is 0 Å². The van der Waals surface area contributed by atoms with Gasteiger partial charge in [0, 0.05) is 16.7 Å². The second-order valence-corrected chi connectivity index (χ2v) is 12.6. The molecule has 0 aliphatic carbocycles. The van der Waals surface area contributed by atoms with E-state index >= 15 is 0 Å². The zero-order valence-corrected chi connectivity index (χ0v) is 30.7. The van der Waals surface area contributed by atoms with Crippen LogP contribution in [0.5, 0.6) is 0 Å². The monoisotopic (exact) mass is 791 g/mol. The Labute approximate surface area is 345 Å². The Morgan fingerprint density at radius 2 is 0.726 bits per heavy atom. The number of allylic oxidation sites excluding steroid dienone is 3. The minimum atomic E-state index is -0.385. The molecule has 62 heavy (non-hydrogen) atoms. The van der Waals surface area contributed by atoms with E-state index in [-0.39, 0.29) is 134 Å². The number of nitriles is 10. The molecule has 0 atom stereocenters. The number of nitrogens with zero attached hydrogens (tertiary/aromatic N) is 19. The molecule has 4 heterocycles. The molecule has 19 heteroatoms. The van der Waals surface area contributed by atoms with Gasteiger partial charge in [0.15, 0.2) is 46.1 Å². The van der Waals surface area contributed by atoms with Gasteiger partial charge in [-0.3, -0.25) is 0 Å². The van der Waals surface area contributed by atoms with E-state index in [1.165, 1.54) is 54.6 Å². The van der Waals surface area contributed by atoms with Crippen LogP contribution < -0.4 is 32.1 Å². The molecule has 0 radical (unpaired) electrons. The third kappa shape index (κ3) is 6.05. The molecule has 8 rings (SSSR count). The van der Waals surface area contributed by atoms with Gasteiger partial charge in [0.1, 0.15) is 70.2 Å². The third-order valence-electron chi connectivity index (χ3n) is 9.21. The average molecular weight is 792 g/mol. The largest absolute Gasteiger partial charge is 0.226 e. The Bertz CT molecular complexity index is 3770. The summed E-state index contributed by atoms with van der Waals surface area (Å²) in [6.07, 6.45) is 0. The molecule has 0 saturated heterocycles. The fraction of sp³-hybridized carbons (Fsp3) is 0. The van der Waals surface area contributed by atoms with Crippen LogP contribution in [0, 0.1) is 113 Å². The second-order valence-electron chi connectivity index (χ2n) is 12.6. The van der Waals surface area contributed by atoms with E-state index in [2.05, 4.69) is 63.1 Å². The van der Waals surface area contributed by atoms with Crippen LogP contribution in [0.4, 0.5) is 0 Å². The molecule has 1 aromatic heterocycles. The van der Waals surface area contributed by atoms with Gasteiger partial charge in [0.25, 0.3) is 0 Å². The maximum Gasteiger partial charge on any atom is 0.182 e. The summed E-state index contributed by atoms with van der Waals surface area (Å²) in [4.78, 5) is 40.1. The molecule has 5 aromatic rings. The first-order chi connectivity index (χ1) is 30.2. The lowest BCUT2D eigenvalue weighted by atomic mass is 10.0. The summed E-state index contributed by atoms with van der Waals surface area (Å²) < 4.78 is 0. The molecule has 0 spiro atoms. The zero-order chi connectivity index (χ0) is 43.7. The summed E-state index contributed by atoms with van der Waals surface area (Å²) in [6, 6.07) is 32.1. The lowest BCUT2D eigenvalue weighted by Crippen LogP contribution is -2.27. The minimum Gasteiger partial charge on any atom is -0.226 e. The van der Waals surface area contributed by atoms with Gasteiger partial charge in [-0.05, 0) is 60.2 Å². The summed E-state index contributed by atoms with van der Waals surface area (Å²) in [7, 11) is 0. The van der Waals surface area contributed by atoms with Crippen molar-refractivity contribution >= 4 is 5.57 Å². The molecule has 0 unspecified atom stereocenters. The van der Waals surface area contributed by atoms with E-state index in [1.807, 2.05) is 18.2 Å². The smallest absolute Gasteiger partial charge is 0.182 e. The van der Waals surface area contributed by atoms with Crippen LogP contribution in [-0.4, -0.2) is 15.0 Å². The Morgan fingerprint density at radius 3 is 1.05 bits per heavy atom. The van der Waals surface area contributed by atoms with Crippen LogP contribution in [0.3, 0.4) is 0 Å².